The van der Waals surface area contributed by atoms with Crippen LogP contribution in [0.2, 0.25) is 0 Å². The lowest BCUT2D eigenvalue weighted by Crippen LogP contribution is -2.07. The van der Waals surface area contributed by atoms with Crippen LogP contribution in [-0.4, -0.2) is 15.1 Å². The molecule has 0 unspecified atom stereocenters. The molecule has 0 aliphatic heterocycles. The molecule has 0 saturated heterocycles. The van der Waals surface area contributed by atoms with E-state index in [4.69, 9.17) is 0 Å². The number of phenols is 2. The van der Waals surface area contributed by atoms with Crippen LogP contribution in [0.25, 0.3) is 0 Å². The monoisotopic (exact) mass is 575 g/mol. The number of aromatic hydroxyl groups is 2. The highest BCUT2D eigenvalue weighted by atomic mass is 16.6. The van der Waals surface area contributed by atoms with Gasteiger partial charge in [-0.25, -0.2) is 0 Å². The number of phenolic OH excluding ortho intramolecular Hbond substituents is 2. The molecule has 0 radical (unpaired) electrons. The van der Waals surface area contributed by atoms with Gasteiger partial charge in [-0.05, 0) is 44.1 Å². The average molecular weight is 576 g/mol. The number of benzene rings is 1. The highest BCUT2D eigenvalue weighted by Gasteiger charge is 2.30. The third kappa shape index (κ3) is 15.9. The zero-order valence-electron chi connectivity index (χ0n) is 27.3. The Morgan fingerprint density at radius 2 is 0.732 bits per heavy atom. The molecule has 0 bridgehead atoms. The summed E-state index contributed by atoms with van der Waals surface area (Å²) in [7, 11) is 0. The maximum atomic E-state index is 12.1. The van der Waals surface area contributed by atoms with Crippen molar-refractivity contribution in [3.63, 3.8) is 0 Å². The zero-order valence-corrected chi connectivity index (χ0v) is 27.3. The quantitative estimate of drug-likeness (QED) is 0.0450. The first-order chi connectivity index (χ1) is 20.0. The minimum atomic E-state index is -0.515. The molecule has 0 spiro atoms. The van der Waals surface area contributed by atoms with Crippen molar-refractivity contribution in [1.82, 2.24) is 0 Å². The summed E-state index contributed by atoms with van der Waals surface area (Å²) in [5.74, 6) is -0.757. The van der Waals surface area contributed by atoms with Crippen LogP contribution in [0.1, 0.15) is 192 Å². The van der Waals surface area contributed by atoms with Gasteiger partial charge < -0.3 is 10.2 Å². The molecule has 0 aromatic heterocycles. The van der Waals surface area contributed by atoms with E-state index in [1.54, 1.807) is 0 Å². The van der Waals surface area contributed by atoms with Crippen LogP contribution in [0.3, 0.4) is 0 Å². The summed E-state index contributed by atoms with van der Waals surface area (Å²) >= 11 is 0. The minimum absolute atomic E-state index is 0.242. The topological polar surface area (TPSA) is 83.6 Å². The fraction of sp³-hybridized carbons (Fsp3) is 0.833. The highest BCUT2D eigenvalue weighted by Crippen LogP contribution is 2.45. The third-order valence-corrected chi connectivity index (χ3v) is 8.77. The number of nitrogens with zero attached hydrogens (tertiary/aromatic N) is 1. The Morgan fingerprint density at radius 3 is 1.07 bits per heavy atom. The maximum Gasteiger partial charge on any atom is 0.318 e. The van der Waals surface area contributed by atoms with Gasteiger partial charge in [0, 0.05) is 11.1 Å². The molecule has 238 valence electrons. The van der Waals surface area contributed by atoms with E-state index in [1.807, 2.05) is 0 Å². The van der Waals surface area contributed by atoms with E-state index in [0.29, 0.717) is 18.4 Å². The van der Waals surface area contributed by atoms with Gasteiger partial charge in [-0.1, -0.05) is 156 Å². The molecule has 1 aromatic carbocycles. The van der Waals surface area contributed by atoms with Crippen molar-refractivity contribution in [2.45, 2.75) is 194 Å². The number of rotatable bonds is 28. The Morgan fingerprint density at radius 1 is 0.439 bits per heavy atom. The number of nitro groups is 1. The van der Waals surface area contributed by atoms with Gasteiger partial charge in [0.05, 0.1) is 4.92 Å². The number of hydrogen-bond acceptors (Lipinski definition) is 4. The molecule has 0 aliphatic rings. The van der Waals surface area contributed by atoms with Gasteiger partial charge in [0.15, 0.2) is 5.75 Å². The standard InChI is InChI=1S/C36H65NO4/c1-4-7-10-13-16-19-22-25-28-31-32(29-26-23-20-17-14-11-8-5-2)34(37(40)41)36(39)35(38)33(31)30-27-24-21-18-15-12-9-6-3/h38-39H,4-30H2,1-3H3. The predicted molar refractivity (Wildman–Crippen MR) is 175 cm³/mol. The van der Waals surface area contributed by atoms with Crippen molar-refractivity contribution >= 4 is 5.69 Å². The Hall–Kier alpha value is -1.78. The molecule has 0 amide bonds. The summed E-state index contributed by atoms with van der Waals surface area (Å²) in [6.45, 7) is 6.71. The van der Waals surface area contributed by atoms with E-state index < -0.39 is 10.7 Å². The Bertz CT molecular complexity index is 808. The zero-order chi connectivity index (χ0) is 30.1. The van der Waals surface area contributed by atoms with Crippen LogP contribution in [0.5, 0.6) is 11.5 Å². The molecule has 0 aliphatic carbocycles. The normalized spacial score (nSPS) is 11.4. The lowest BCUT2D eigenvalue weighted by molar-refractivity contribution is -0.386. The number of hydrogen-bond donors (Lipinski definition) is 2. The first-order valence-electron chi connectivity index (χ1n) is 17.7. The smallest absolute Gasteiger partial charge is 0.318 e. The Labute approximate surface area is 253 Å². The second-order valence-corrected chi connectivity index (χ2v) is 12.4. The van der Waals surface area contributed by atoms with Crippen LogP contribution >= 0.6 is 0 Å². The first-order valence-corrected chi connectivity index (χ1v) is 17.7. The van der Waals surface area contributed by atoms with Gasteiger partial charge >= 0.3 is 5.69 Å². The summed E-state index contributed by atoms with van der Waals surface area (Å²) in [6, 6.07) is 0. The van der Waals surface area contributed by atoms with Crippen LogP contribution in [0, 0.1) is 10.1 Å². The SMILES string of the molecule is CCCCCCCCCCc1c(O)c(O)c([N+](=O)[O-])c(CCCCCCCCCC)c1CCCCCCCCCC. The lowest BCUT2D eigenvalue weighted by atomic mass is 9.87. The summed E-state index contributed by atoms with van der Waals surface area (Å²) in [6.07, 6.45) is 30.7. The van der Waals surface area contributed by atoms with Crippen molar-refractivity contribution in [2.24, 2.45) is 0 Å². The number of unbranched alkanes of at least 4 members (excludes halogenated alkanes) is 21. The van der Waals surface area contributed by atoms with Gasteiger partial charge in [-0.2, -0.15) is 0 Å². The molecule has 2 N–H and O–H groups in total. The molecule has 0 atom stereocenters. The molecule has 0 fully saturated rings. The van der Waals surface area contributed by atoms with Gasteiger partial charge in [0.1, 0.15) is 0 Å². The summed E-state index contributed by atoms with van der Waals surface area (Å²) < 4.78 is 0. The molecule has 0 saturated carbocycles. The van der Waals surface area contributed by atoms with E-state index in [-0.39, 0.29) is 11.4 Å². The second-order valence-electron chi connectivity index (χ2n) is 12.4. The van der Waals surface area contributed by atoms with Gasteiger partial charge in [0.2, 0.25) is 5.75 Å². The fourth-order valence-electron chi connectivity index (χ4n) is 6.21. The Kier molecular flexibility index (Phi) is 22.5. The molecule has 0 heterocycles. The van der Waals surface area contributed by atoms with Gasteiger partial charge in [-0.15, -0.1) is 0 Å². The third-order valence-electron chi connectivity index (χ3n) is 8.77. The first kappa shape index (κ1) is 37.2. The van der Waals surface area contributed by atoms with E-state index >= 15 is 0 Å². The summed E-state index contributed by atoms with van der Waals surface area (Å²) in [5, 5.41) is 34.0. The van der Waals surface area contributed by atoms with Crippen LogP contribution in [-0.2, 0) is 19.3 Å². The fourth-order valence-corrected chi connectivity index (χ4v) is 6.21. The largest absolute Gasteiger partial charge is 0.504 e. The number of nitro benzene ring substituents is 1. The molecular formula is C36H65NO4. The molecule has 5 heteroatoms. The van der Waals surface area contributed by atoms with Gasteiger partial charge in [-0.3, -0.25) is 10.1 Å². The highest BCUT2D eigenvalue weighted by molar-refractivity contribution is 5.66. The lowest BCUT2D eigenvalue weighted by Gasteiger charge is -2.19. The van der Waals surface area contributed by atoms with Crippen molar-refractivity contribution in [3.8, 4) is 11.5 Å². The Balaban J connectivity index is 2.95. The molecule has 1 rings (SSSR count). The summed E-state index contributed by atoms with van der Waals surface area (Å²) in [4.78, 5) is 11.7. The van der Waals surface area contributed by atoms with Gasteiger partial charge in [0.25, 0.3) is 0 Å². The predicted octanol–water partition coefficient (Wildman–Crippen LogP) is 12.1. The van der Waals surface area contributed by atoms with Crippen LogP contribution < -0.4 is 0 Å². The van der Waals surface area contributed by atoms with E-state index in [1.165, 1.54) is 109 Å². The van der Waals surface area contributed by atoms with Crippen LogP contribution in [0.15, 0.2) is 0 Å². The van der Waals surface area contributed by atoms with Crippen molar-refractivity contribution in [2.75, 3.05) is 0 Å². The van der Waals surface area contributed by atoms with E-state index in [2.05, 4.69) is 20.8 Å². The molecule has 5 nitrogen and oxygen atoms in total. The summed E-state index contributed by atoms with van der Waals surface area (Å²) in [5.41, 5.74) is 2.17. The van der Waals surface area contributed by atoms with Crippen molar-refractivity contribution < 1.29 is 15.1 Å². The van der Waals surface area contributed by atoms with Crippen molar-refractivity contribution in [1.29, 1.82) is 0 Å². The van der Waals surface area contributed by atoms with E-state index in [0.717, 1.165) is 62.5 Å². The molecule has 41 heavy (non-hydrogen) atoms. The van der Waals surface area contributed by atoms with E-state index in [9.17, 15) is 20.3 Å². The second kappa shape index (κ2) is 24.8. The van der Waals surface area contributed by atoms with Crippen molar-refractivity contribution in [3.05, 3.63) is 26.8 Å². The molecule has 1 aromatic rings. The maximum absolute atomic E-state index is 12.1. The average Bonchev–Trinajstić information content (AvgIpc) is 2.96. The minimum Gasteiger partial charge on any atom is -0.504 e. The van der Waals surface area contributed by atoms with Crippen LogP contribution in [0.4, 0.5) is 5.69 Å². The molecular weight excluding hydrogens is 510 g/mol.